The van der Waals surface area contributed by atoms with Gasteiger partial charge >= 0.3 is 11.9 Å². The molecule has 9 heteroatoms. The lowest BCUT2D eigenvalue weighted by Gasteiger charge is -2.18. The minimum Gasteiger partial charge on any atom is -0.480 e. The van der Waals surface area contributed by atoms with Crippen LogP contribution in [0.5, 0.6) is 0 Å². The van der Waals surface area contributed by atoms with Crippen LogP contribution in [0.4, 0.5) is 0 Å². The normalized spacial score (nSPS) is 10.4. The first-order valence-electron chi connectivity index (χ1n) is 6.54. The number of aliphatic carboxylic acids is 2. The molecule has 23 heavy (non-hydrogen) atoms. The Morgan fingerprint density at radius 2 is 1.70 bits per heavy atom. The van der Waals surface area contributed by atoms with Crippen LogP contribution in [0.2, 0.25) is 0 Å². The van der Waals surface area contributed by atoms with Gasteiger partial charge in [0, 0.05) is 5.39 Å². The number of carboxylic acids is 2. The molecule has 0 bridgehead atoms. The molecule has 2 N–H and O–H groups in total. The second-order valence-corrected chi connectivity index (χ2v) is 4.73. The highest BCUT2D eigenvalue weighted by Crippen LogP contribution is 2.06. The third-order valence-electron chi connectivity index (χ3n) is 3.05. The van der Waals surface area contributed by atoms with Crippen molar-refractivity contribution in [1.82, 2.24) is 14.7 Å². The van der Waals surface area contributed by atoms with Crippen LogP contribution in [0, 0.1) is 0 Å². The molecule has 0 saturated carbocycles. The fourth-order valence-electron chi connectivity index (χ4n) is 2.03. The summed E-state index contributed by atoms with van der Waals surface area (Å²) in [5, 5.41) is 22.3. The Bertz CT molecular complexity index is 813. The zero-order valence-corrected chi connectivity index (χ0v) is 11.9. The number of nitrogens with zero attached hydrogens (tertiary/aromatic N) is 3. The highest BCUT2D eigenvalue weighted by atomic mass is 16.4. The maximum absolute atomic E-state index is 12.2. The van der Waals surface area contributed by atoms with E-state index in [1.54, 1.807) is 24.3 Å². The maximum atomic E-state index is 12.2. The minimum atomic E-state index is -1.35. The van der Waals surface area contributed by atoms with Gasteiger partial charge in [0.05, 0.1) is 11.6 Å². The Balaban J connectivity index is 2.27. The van der Waals surface area contributed by atoms with E-state index in [0.717, 1.165) is 4.68 Å². The molecule has 1 amide bonds. The van der Waals surface area contributed by atoms with E-state index >= 15 is 0 Å². The van der Waals surface area contributed by atoms with Gasteiger partial charge < -0.3 is 15.1 Å². The van der Waals surface area contributed by atoms with Crippen molar-refractivity contribution in [2.24, 2.45) is 0 Å². The lowest BCUT2D eigenvalue weighted by atomic mass is 10.2. The van der Waals surface area contributed by atoms with Crippen molar-refractivity contribution >= 4 is 28.6 Å². The second kappa shape index (κ2) is 6.69. The first kappa shape index (κ1) is 16.1. The molecule has 0 aliphatic carbocycles. The third-order valence-corrected chi connectivity index (χ3v) is 3.05. The van der Waals surface area contributed by atoms with Gasteiger partial charge in [0.15, 0.2) is 0 Å². The van der Waals surface area contributed by atoms with Gasteiger partial charge in [-0.2, -0.15) is 5.10 Å². The van der Waals surface area contributed by atoms with Crippen LogP contribution in [-0.2, 0) is 20.9 Å². The Morgan fingerprint density at radius 1 is 1.09 bits per heavy atom. The number of carbonyl (C=O) groups excluding carboxylic acids is 1. The lowest BCUT2D eigenvalue weighted by Crippen LogP contribution is -2.42. The molecule has 2 aromatic rings. The van der Waals surface area contributed by atoms with Gasteiger partial charge in [-0.15, -0.1) is 0 Å². The van der Waals surface area contributed by atoms with Crippen molar-refractivity contribution in [3.05, 3.63) is 40.8 Å². The van der Waals surface area contributed by atoms with Gasteiger partial charge in [0.1, 0.15) is 19.6 Å². The highest BCUT2D eigenvalue weighted by molar-refractivity contribution is 5.85. The molecular formula is C14H13N3O6. The minimum absolute atomic E-state index is 0.360. The standard InChI is InChI=1S/C14H13N3O6/c18-11(16(7-12(19)20)8-13(21)22)6-17-14(23)10-4-2-1-3-9(10)5-15-17/h1-5H,6-8H2,(H,19,20)(H,21,22). The number of amides is 1. The number of hydrogen-bond donors (Lipinski definition) is 2. The zero-order valence-electron chi connectivity index (χ0n) is 11.9. The fraction of sp³-hybridized carbons (Fsp3) is 0.214. The first-order valence-corrected chi connectivity index (χ1v) is 6.54. The Labute approximate surface area is 129 Å². The molecule has 120 valence electrons. The topological polar surface area (TPSA) is 130 Å². The summed E-state index contributed by atoms with van der Waals surface area (Å²) >= 11 is 0. The van der Waals surface area contributed by atoms with E-state index in [1.165, 1.54) is 6.20 Å². The van der Waals surface area contributed by atoms with Crippen LogP contribution in [0.3, 0.4) is 0 Å². The van der Waals surface area contributed by atoms with E-state index in [2.05, 4.69) is 5.10 Å². The molecule has 1 aromatic carbocycles. The summed E-state index contributed by atoms with van der Waals surface area (Å²) in [5.74, 6) is -3.52. The van der Waals surface area contributed by atoms with Crippen molar-refractivity contribution in [2.75, 3.05) is 13.1 Å². The monoisotopic (exact) mass is 319 g/mol. The van der Waals surface area contributed by atoms with E-state index < -0.39 is 43.0 Å². The summed E-state index contributed by atoms with van der Waals surface area (Å²) in [5.41, 5.74) is -0.512. The molecule has 0 atom stereocenters. The predicted molar refractivity (Wildman–Crippen MR) is 77.9 cm³/mol. The van der Waals surface area contributed by atoms with Gasteiger partial charge in [-0.25, -0.2) is 4.68 Å². The van der Waals surface area contributed by atoms with Gasteiger partial charge in [0.25, 0.3) is 5.56 Å². The van der Waals surface area contributed by atoms with Crippen molar-refractivity contribution < 1.29 is 24.6 Å². The second-order valence-electron chi connectivity index (χ2n) is 4.73. The first-order chi connectivity index (χ1) is 10.9. The van der Waals surface area contributed by atoms with Crippen LogP contribution in [-0.4, -0.2) is 55.8 Å². The van der Waals surface area contributed by atoms with E-state index in [4.69, 9.17) is 10.2 Å². The van der Waals surface area contributed by atoms with Crippen LogP contribution in [0.15, 0.2) is 35.3 Å². The molecule has 9 nitrogen and oxygen atoms in total. The number of fused-ring (bicyclic) bond motifs is 1. The van der Waals surface area contributed by atoms with Crippen molar-refractivity contribution in [2.45, 2.75) is 6.54 Å². The predicted octanol–water partition coefficient (Wildman–Crippen LogP) is -0.606. The summed E-state index contributed by atoms with van der Waals surface area (Å²) in [4.78, 5) is 46.4. The molecule has 1 aromatic heterocycles. The van der Waals surface area contributed by atoms with E-state index in [0.29, 0.717) is 15.7 Å². The molecule has 0 aliphatic heterocycles. The molecule has 0 unspecified atom stereocenters. The van der Waals surface area contributed by atoms with E-state index in [9.17, 15) is 19.2 Å². The quantitative estimate of drug-likeness (QED) is 0.726. The number of hydrogen-bond acceptors (Lipinski definition) is 5. The van der Waals surface area contributed by atoms with Crippen LogP contribution < -0.4 is 5.56 Å². The number of benzene rings is 1. The summed E-state index contributed by atoms with van der Waals surface area (Å²) in [6, 6.07) is 6.67. The number of rotatable bonds is 6. The van der Waals surface area contributed by atoms with E-state index in [-0.39, 0.29) is 0 Å². The fourth-order valence-corrected chi connectivity index (χ4v) is 2.03. The summed E-state index contributed by atoms with van der Waals surface area (Å²) < 4.78 is 0.876. The molecule has 0 radical (unpaired) electrons. The third kappa shape index (κ3) is 3.90. The van der Waals surface area contributed by atoms with Gasteiger partial charge in [0.2, 0.25) is 5.91 Å². The van der Waals surface area contributed by atoms with Crippen LogP contribution in [0.1, 0.15) is 0 Å². The van der Waals surface area contributed by atoms with Gasteiger partial charge in [-0.3, -0.25) is 19.2 Å². The number of carbonyl (C=O) groups is 3. The number of carboxylic acid groups (broad SMARTS) is 2. The summed E-state index contributed by atoms with van der Waals surface area (Å²) in [6.07, 6.45) is 1.41. The maximum Gasteiger partial charge on any atom is 0.323 e. The molecule has 0 saturated heterocycles. The van der Waals surface area contributed by atoms with Crippen LogP contribution in [0.25, 0.3) is 10.8 Å². The molecule has 2 rings (SSSR count). The summed E-state index contributed by atoms with van der Waals surface area (Å²) in [6.45, 7) is -2.08. The average molecular weight is 319 g/mol. The molecule has 0 aliphatic rings. The zero-order chi connectivity index (χ0) is 17.0. The Morgan fingerprint density at radius 3 is 2.30 bits per heavy atom. The van der Waals surface area contributed by atoms with Crippen molar-refractivity contribution in [1.29, 1.82) is 0 Å². The van der Waals surface area contributed by atoms with Gasteiger partial charge in [-0.05, 0) is 6.07 Å². The molecular weight excluding hydrogens is 306 g/mol. The van der Waals surface area contributed by atoms with E-state index in [1.807, 2.05) is 0 Å². The SMILES string of the molecule is O=C(O)CN(CC(=O)O)C(=O)Cn1ncc2ccccc2c1=O. The largest absolute Gasteiger partial charge is 0.480 e. The molecule has 0 spiro atoms. The summed E-state index contributed by atoms with van der Waals surface area (Å²) in [7, 11) is 0. The van der Waals surface area contributed by atoms with Crippen molar-refractivity contribution in [3.63, 3.8) is 0 Å². The Hall–Kier alpha value is -3.23. The highest BCUT2D eigenvalue weighted by Gasteiger charge is 2.20. The molecule has 1 heterocycles. The van der Waals surface area contributed by atoms with Crippen LogP contribution >= 0.6 is 0 Å². The number of aromatic nitrogens is 2. The smallest absolute Gasteiger partial charge is 0.323 e. The lowest BCUT2D eigenvalue weighted by molar-refractivity contribution is -0.149. The average Bonchev–Trinajstić information content (AvgIpc) is 2.48. The Kier molecular flexibility index (Phi) is 4.69. The molecule has 0 fully saturated rings. The van der Waals surface area contributed by atoms with Gasteiger partial charge in [-0.1, -0.05) is 18.2 Å². The van der Waals surface area contributed by atoms with Crippen molar-refractivity contribution in [3.8, 4) is 0 Å².